The number of nitrogens with two attached hydrogens (primary N) is 1. The first-order valence-corrected chi connectivity index (χ1v) is 5.70. The molecule has 0 saturated carbocycles. The van der Waals surface area contributed by atoms with Crippen LogP contribution in [0.1, 0.15) is 18.1 Å². The van der Waals surface area contributed by atoms with Crippen molar-refractivity contribution in [2.45, 2.75) is 31.3 Å². The largest absolute Gasteiger partial charge is 0.329 e. The second-order valence-corrected chi connectivity index (χ2v) is 4.64. The fraction of sp³-hybridized carbons (Fsp3) is 0.429. The lowest BCUT2D eigenvalue weighted by molar-refractivity contribution is 0.335. The van der Waals surface area contributed by atoms with Gasteiger partial charge in [0, 0.05) is 12.1 Å². The maximum Gasteiger partial charge on any atom is 0.0663 e. The maximum atomic E-state index is 5.92. The molecule has 2 heteroatoms. The lowest BCUT2D eigenvalue weighted by Gasteiger charge is -2.30. The molecule has 2 rings (SSSR count). The van der Waals surface area contributed by atoms with Crippen molar-refractivity contribution in [3.05, 3.63) is 35.4 Å². The van der Waals surface area contributed by atoms with Crippen molar-refractivity contribution in [2.24, 2.45) is 5.73 Å². The number of hydrogen-bond acceptors (Lipinski definition) is 2. The van der Waals surface area contributed by atoms with Gasteiger partial charge in [-0.2, -0.15) is 0 Å². The first-order valence-electron chi connectivity index (χ1n) is 5.70. The van der Waals surface area contributed by atoms with E-state index in [-0.39, 0.29) is 11.6 Å². The highest BCUT2D eigenvalue weighted by Gasteiger charge is 2.36. The quantitative estimate of drug-likeness (QED) is 0.739. The van der Waals surface area contributed by atoms with Crippen LogP contribution >= 0.6 is 0 Å². The molecule has 1 aromatic rings. The molecule has 0 aromatic heterocycles. The van der Waals surface area contributed by atoms with E-state index in [0.29, 0.717) is 6.54 Å². The van der Waals surface area contributed by atoms with Gasteiger partial charge in [0.1, 0.15) is 0 Å². The number of rotatable bonds is 3. The molecule has 0 bridgehead atoms. The van der Waals surface area contributed by atoms with Crippen molar-refractivity contribution in [3.63, 3.8) is 0 Å². The minimum absolute atomic E-state index is 0.0462. The molecule has 1 aliphatic rings. The Bertz CT molecular complexity index is 392. The summed E-state index contributed by atoms with van der Waals surface area (Å²) < 4.78 is 0. The third-order valence-corrected chi connectivity index (χ3v) is 3.34. The van der Waals surface area contributed by atoms with Gasteiger partial charge in [0.2, 0.25) is 0 Å². The second kappa shape index (κ2) is 4.29. The van der Waals surface area contributed by atoms with Gasteiger partial charge in [0.25, 0.3) is 0 Å². The lowest BCUT2D eigenvalue weighted by atomic mass is 9.95. The number of hydrogen-bond donors (Lipinski definition) is 2. The zero-order chi connectivity index (χ0) is 11.6. The van der Waals surface area contributed by atoms with Crippen LogP contribution in [0, 0.1) is 12.3 Å². The highest BCUT2D eigenvalue weighted by atomic mass is 15.0. The Balaban J connectivity index is 2.20. The number of benzene rings is 1. The summed E-state index contributed by atoms with van der Waals surface area (Å²) in [6.45, 7) is 2.62. The van der Waals surface area contributed by atoms with Crippen molar-refractivity contribution in [1.29, 1.82) is 0 Å². The van der Waals surface area contributed by atoms with Crippen LogP contribution in [0.25, 0.3) is 0 Å². The van der Waals surface area contributed by atoms with E-state index in [1.54, 1.807) is 0 Å². The van der Waals surface area contributed by atoms with Crippen molar-refractivity contribution in [2.75, 3.05) is 6.54 Å². The van der Waals surface area contributed by atoms with Crippen LogP contribution in [-0.2, 0) is 12.8 Å². The molecule has 0 heterocycles. The molecule has 0 spiro atoms. The molecule has 1 atom stereocenters. The molecule has 16 heavy (non-hydrogen) atoms. The summed E-state index contributed by atoms with van der Waals surface area (Å²) in [6.07, 6.45) is 7.37. The molecule has 0 fully saturated rings. The normalized spacial score (nSPS) is 18.8. The predicted octanol–water partition coefficient (Wildman–Crippen LogP) is 1.09. The smallest absolute Gasteiger partial charge is 0.0663 e. The molecule has 84 valence electrons. The van der Waals surface area contributed by atoms with Gasteiger partial charge in [-0.1, -0.05) is 30.2 Å². The Morgan fingerprint density at radius 1 is 1.44 bits per heavy atom. The van der Waals surface area contributed by atoms with E-state index in [2.05, 4.69) is 35.5 Å². The summed E-state index contributed by atoms with van der Waals surface area (Å²) in [7, 11) is 0. The summed E-state index contributed by atoms with van der Waals surface area (Å²) in [4.78, 5) is 0. The van der Waals surface area contributed by atoms with E-state index in [1.807, 2.05) is 6.92 Å². The van der Waals surface area contributed by atoms with Gasteiger partial charge in [0.15, 0.2) is 0 Å². The van der Waals surface area contributed by atoms with Gasteiger partial charge in [-0.15, -0.1) is 6.42 Å². The summed E-state index contributed by atoms with van der Waals surface area (Å²) in [5, 5.41) is 3.48. The molecule has 2 nitrogen and oxygen atoms in total. The summed E-state index contributed by atoms with van der Waals surface area (Å²) in [5.74, 6) is 2.71. The Morgan fingerprint density at radius 2 is 2.00 bits per heavy atom. The molecule has 0 saturated heterocycles. The van der Waals surface area contributed by atoms with Crippen molar-refractivity contribution in [3.8, 4) is 12.3 Å². The minimum Gasteiger partial charge on any atom is -0.329 e. The van der Waals surface area contributed by atoms with E-state index < -0.39 is 0 Å². The first kappa shape index (κ1) is 11.2. The van der Waals surface area contributed by atoms with Crippen LogP contribution < -0.4 is 11.1 Å². The summed E-state index contributed by atoms with van der Waals surface area (Å²) >= 11 is 0. The van der Waals surface area contributed by atoms with Crippen LogP contribution in [0.4, 0.5) is 0 Å². The Morgan fingerprint density at radius 3 is 2.44 bits per heavy atom. The van der Waals surface area contributed by atoms with Gasteiger partial charge in [-0.25, -0.2) is 0 Å². The first-order chi connectivity index (χ1) is 7.69. The highest BCUT2D eigenvalue weighted by Crippen LogP contribution is 2.29. The predicted molar refractivity (Wildman–Crippen MR) is 67.1 cm³/mol. The molecule has 3 N–H and O–H groups in total. The lowest BCUT2D eigenvalue weighted by Crippen LogP contribution is -2.55. The fourth-order valence-electron chi connectivity index (χ4n) is 2.50. The summed E-state index contributed by atoms with van der Waals surface area (Å²) in [6, 6.07) is 8.58. The van der Waals surface area contributed by atoms with Crippen molar-refractivity contribution >= 4 is 0 Å². The van der Waals surface area contributed by atoms with Gasteiger partial charge in [-0.05, 0) is 30.9 Å². The van der Waals surface area contributed by atoms with Crippen LogP contribution in [0.15, 0.2) is 24.3 Å². The van der Waals surface area contributed by atoms with Gasteiger partial charge < -0.3 is 5.73 Å². The molecule has 1 aromatic carbocycles. The molecule has 0 amide bonds. The monoisotopic (exact) mass is 214 g/mol. The van der Waals surface area contributed by atoms with Crippen LogP contribution in [0.2, 0.25) is 0 Å². The topological polar surface area (TPSA) is 38.0 Å². The number of nitrogens with one attached hydrogen (secondary N) is 1. The van der Waals surface area contributed by atoms with E-state index in [0.717, 1.165) is 12.8 Å². The maximum absolute atomic E-state index is 5.92. The Labute approximate surface area is 97.2 Å². The molecular formula is C14H18N2. The van der Waals surface area contributed by atoms with Crippen LogP contribution in [0.5, 0.6) is 0 Å². The minimum atomic E-state index is -0.0462. The van der Waals surface area contributed by atoms with Gasteiger partial charge >= 0.3 is 0 Å². The zero-order valence-electron chi connectivity index (χ0n) is 9.66. The standard InChI is InChI=1S/C14H18N2/c1-3-11(2)16-14(10-15)8-12-6-4-5-7-13(12)9-14/h1,4-7,11,16H,8-10,15H2,2H3. The Kier molecular flexibility index (Phi) is 3.00. The van der Waals surface area contributed by atoms with Crippen molar-refractivity contribution in [1.82, 2.24) is 5.32 Å². The van der Waals surface area contributed by atoms with Crippen LogP contribution in [-0.4, -0.2) is 18.1 Å². The van der Waals surface area contributed by atoms with E-state index in [9.17, 15) is 0 Å². The SMILES string of the molecule is C#CC(C)NC1(CN)Cc2ccccc2C1. The van der Waals surface area contributed by atoms with Gasteiger partial charge in [-0.3, -0.25) is 5.32 Å². The number of fused-ring (bicyclic) bond motifs is 1. The molecule has 1 aliphatic carbocycles. The molecule has 0 aliphatic heterocycles. The third kappa shape index (κ3) is 1.97. The van der Waals surface area contributed by atoms with E-state index in [4.69, 9.17) is 12.2 Å². The zero-order valence-corrected chi connectivity index (χ0v) is 9.66. The summed E-state index contributed by atoms with van der Waals surface area (Å²) in [5.41, 5.74) is 8.66. The highest BCUT2D eigenvalue weighted by molar-refractivity contribution is 5.36. The van der Waals surface area contributed by atoms with E-state index >= 15 is 0 Å². The molecular weight excluding hydrogens is 196 g/mol. The third-order valence-electron chi connectivity index (χ3n) is 3.34. The molecule has 0 radical (unpaired) electrons. The average Bonchev–Trinajstić information content (AvgIpc) is 2.67. The fourth-order valence-corrected chi connectivity index (χ4v) is 2.50. The van der Waals surface area contributed by atoms with Crippen LogP contribution in [0.3, 0.4) is 0 Å². The number of terminal acetylenes is 1. The molecule has 1 unspecified atom stereocenters. The average molecular weight is 214 g/mol. The van der Waals surface area contributed by atoms with E-state index in [1.165, 1.54) is 11.1 Å². The second-order valence-electron chi connectivity index (χ2n) is 4.64. The Hall–Kier alpha value is -1.30. The van der Waals surface area contributed by atoms with Crippen molar-refractivity contribution < 1.29 is 0 Å². The van der Waals surface area contributed by atoms with Gasteiger partial charge in [0.05, 0.1) is 6.04 Å².